The molecule has 2 amide bonds. The average molecular weight is 369 g/mol. The van der Waals surface area contributed by atoms with Crippen LogP contribution in [-0.2, 0) is 9.59 Å². The van der Waals surface area contributed by atoms with Gasteiger partial charge in [0, 0.05) is 10.9 Å². The lowest BCUT2D eigenvalue weighted by Gasteiger charge is -2.23. The van der Waals surface area contributed by atoms with Gasteiger partial charge in [0.1, 0.15) is 6.54 Å². The number of rotatable bonds is 4. The van der Waals surface area contributed by atoms with Crippen LogP contribution in [0.5, 0.6) is 0 Å². The Morgan fingerprint density at radius 1 is 1.31 bits per heavy atom. The van der Waals surface area contributed by atoms with Gasteiger partial charge < -0.3 is 10.2 Å². The highest BCUT2D eigenvalue weighted by Crippen LogP contribution is 2.35. The summed E-state index contributed by atoms with van der Waals surface area (Å²) in [6, 6.07) is 7.89. The van der Waals surface area contributed by atoms with E-state index in [9.17, 15) is 9.59 Å². The fraction of sp³-hybridized carbons (Fsp3) is 0.350. The molecule has 1 aromatic carbocycles. The smallest absolute Gasteiger partial charge is 0.240 e. The molecular formula is C20H23N3O2S. The Morgan fingerprint density at radius 3 is 2.69 bits per heavy atom. The molecule has 0 saturated heterocycles. The van der Waals surface area contributed by atoms with E-state index in [4.69, 9.17) is 4.99 Å². The highest BCUT2D eigenvalue weighted by atomic mass is 32.1. The maximum Gasteiger partial charge on any atom is 0.240 e. The molecule has 6 heteroatoms. The first kappa shape index (κ1) is 18.3. The van der Waals surface area contributed by atoms with Gasteiger partial charge in [-0.05, 0) is 62.4 Å². The molecule has 2 aromatic rings. The molecule has 1 aromatic heterocycles. The average Bonchev–Trinajstić information content (AvgIpc) is 3.05. The van der Waals surface area contributed by atoms with Gasteiger partial charge in [0.25, 0.3) is 0 Å². The molecule has 0 aliphatic carbocycles. The first-order chi connectivity index (χ1) is 12.3. The van der Waals surface area contributed by atoms with Crippen molar-refractivity contribution in [1.82, 2.24) is 5.32 Å². The van der Waals surface area contributed by atoms with Gasteiger partial charge in [-0.15, -0.1) is 11.3 Å². The van der Waals surface area contributed by atoms with Crippen molar-refractivity contribution in [2.45, 2.75) is 40.2 Å². The number of benzene rings is 1. The maximum atomic E-state index is 13.0. The van der Waals surface area contributed by atoms with Crippen molar-refractivity contribution in [2.75, 3.05) is 11.4 Å². The third-order valence-electron chi connectivity index (χ3n) is 4.31. The van der Waals surface area contributed by atoms with E-state index < -0.39 is 0 Å². The van der Waals surface area contributed by atoms with Crippen LogP contribution in [-0.4, -0.2) is 30.1 Å². The monoisotopic (exact) mass is 369 g/mol. The summed E-state index contributed by atoms with van der Waals surface area (Å²) in [7, 11) is 0. The van der Waals surface area contributed by atoms with Crippen molar-refractivity contribution in [2.24, 2.45) is 4.99 Å². The van der Waals surface area contributed by atoms with E-state index in [2.05, 4.69) is 5.32 Å². The molecule has 5 nitrogen and oxygen atoms in total. The van der Waals surface area contributed by atoms with Crippen molar-refractivity contribution in [3.8, 4) is 0 Å². The number of carbonyl (C=O) groups excluding carboxylic acids is 2. The lowest BCUT2D eigenvalue weighted by atomic mass is 10.1. The Labute approximate surface area is 157 Å². The number of aliphatic imine (C=N–C) groups is 1. The summed E-state index contributed by atoms with van der Waals surface area (Å²) in [6.07, 6.45) is 0.183. The summed E-state index contributed by atoms with van der Waals surface area (Å²) in [4.78, 5) is 32.6. The molecule has 1 N–H and O–H groups in total. The van der Waals surface area contributed by atoms with Gasteiger partial charge >= 0.3 is 0 Å². The van der Waals surface area contributed by atoms with Crippen molar-refractivity contribution in [3.05, 3.63) is 45.6 Å². The van der Waals surface area contributed by atoms with Gasteiger partial charge in [-0.25, -0.2) is 4.99 Å². The van der Waals surface area contributed by atoms with Gasteiger partial charge in [0.15, 0.2) is 0 Å². The van der Waals surface area contributed by atoms with E-state index >= 15 is 0 Å². The lowest BCUT2D eigenvalue weighted by Crippen LogP contribution is -2.43. The maximum absolute atomic E-state index is 13.0. The van der Waals surface area contributed by atoms with Crippen LogP contribution in [0.1, 0.15) is 36.3 Å². The summed E-state index contributed by atoms with van der Waals surface area (Å²) < 4.78 is 0. The van der Waals surface area contributed by atoms with Crippen molar-refractivity contribution in [3.63, 3.8) is 0 Å². The van der Waals surface area contributed by atoms with Crippen molar-refractivity contribution in [1.29, 1.82) is 0 Å². The second-order valence-corrected chi connectivity index (χ2v) is 7.79. The minimum absolute atomic E-state index is 0.000243. The quantitative estimate of drug-likeness (QED) is 0.892. The minimum Gasteiger partial charge on any atom is -0.352 e. The number of carbonyl (C=O) groups is 2. The van der Waals surface area contributed by atoms with E-state index in [1.54, 1.807) is 16.2 Å². The Hall–Kier alpha value is -2.47. The zero-order chi connectivity index (χ0) is 18.8. The van der Waals surface area contributed by atoms with Crippen LogP contribution in [0.25, 0.3) is 0 Å². The van der Waals surface area contributed by atoms with Crippen LogP contribution in [0.4, 0.5) is 11.4 Å². The van der Waals surface area contributed by atoms with Gasteiger partial charge in [0.2, 0.25) is 11.8 Å². The number of anilines is 1. The van der Waals surface area contributed by atoms with Crippen LogP contribution in [0.15, 0.2) is 34.6 Å². The number of thiophene rings is 1. The van der Waals surface area contributed by atoms with Crippen LogP contribution >= 0.6 is 11.3 Å². The van der Waals surface area contributed by atoms with Crippen LogP contribution < -0.4 is 10.2 Å². The number of nitrogens with one attached hydrogen (secondary N) is 1. The summed E-state index contributed by atoms with van der Waals surface area (Å²) in [6.45, 7) is 7.84. The SMILES string of the molecule is Cc1cc2c(cc1C)N(CC(=O)NC(C)C)C(=O)CC(c1cccs1)=N2. The van der Waals surface area contributed by atoms with Crippen LogP contribution in [0, 0.1) is 13.8 Å². The van der Waals surface area contributed by atoms with Gasteiger partial charge in [-0.2, -0.15) is 0 Å². The van der Waals surface area contributed by atoms with Gasteiger partial charge in [-0.3, -0.25) is 9.59 Å². The standard InChI is InChI=1S/C20H23N3O2S/c1-12(2)21-19(24)11-23-17-9-14(4)13(3)8-15(17)22-16(10-20(23)25)18-6-5-7-26-18/h5-9,12H,10-11H2,1-4H3,(H,21,24). The highest BCUT2D eigenvalue weighted by Gasteiger charge is 2.27. The molecule has 0 fully saturated rings. The largest absolute Gasteiger partial charge is 0.352 e. The fourth-order valence-electron chi connectivity index (χ4n) is 2.92. The number of hydrogen-bond acceptors (Lipinski definition) is 4. The molecule has 3 rings (SSSR count). The predicted octanol–water partition coefficient (Wildman–Crippen LogP) is 3.75. The van der Waals surface area contributed by atoms with E-state index in [-0.39, 0.29) is 30.8 Å². The van der Waals surface area contributed by atoms with Gasteiger partial charge in [-0.1, -0.05) is 6.07 Å². The molecule has 0 saturated carbocycles. The van der Waals surface area contributed by atoms with E-state index in [1.807, 2.05) is 57.3 Å². The predicted molar refractivity (Wildman–Crippen MR) is 107 cm³/mol. The van der Waals surface area contributed by atoms with E-state index in [1.165, 1.54) is 0 Å². The second kappa shape index (κ2) is 7.41. The molecule has 1 aliphatic heterocycles. The Kier molecular flexibility index (Phi) is 5.23. The van der Waals surface area contributed by atoms with Crippen LogP contribution in [0.3, 0.4) is 0 Å². The number of nitrogens with zero attached hydrogens (tertiary/aromatic N) is 2. The molecule has 136 valence electrons. The Morgan fingerprint density at radius 2 is 2.04 bits per heavy atom. The zero-order valence-electron chi connectivity index (χ0n) is 15.5. The molecule has 0 atom stereocenters. The van der Waals surface area contributed by atoms with Gasteiger partial charge in [0.05, 0.1) is 23.5 Å². The number of fused-ring (bicyclic) bond motifs is 1. The normalized spacial score (nSPS) is 14.1. The van der Waals surface area contributed by atoms with E-state index in [0.717, 1.165) is 27.4 Å². The summed E-state index contributed by atoms with van der Waals surface area (Å²) in [5.41, 5.74) is 4.36. The lowest BCUT2D eigenvalue weighted by molar-refractivity contribution is -0.123. The molecule has 2 heterocycles. The number of amides is 2. The fourth-order valence-corrected chi connectivity index (χ4v) is 3.63. The number of hydrogen-bond donors (Lipinski definition) is 1. The minimum atomic E-state index is -0.169. The first-order valence-electron chi connectivity index (χ1n) is 8.67. The molecule has 0 bridgehead atoms. The third kappa shape index (κ3) is 3.85. The van der Waals surface area contributed by atoms with Crippen molar-refractivity contribution < 1.29 is 9.59 Å². The zero-order valence-corrected chi connectivity index (χ0v) is 16.3. The molecule has 0 unspecified atom stereocenters. The Bertz CT molecular complexity index is 869. The molecule has 0 radical (unpaired) electrons. The molecule has 0 spiro atoms. The Balaban J connectivity index is 2.04. The summed E-state index contributed by atoms with van der Waals surface area (Å²) >= 11 is 1.57. The summed E-state index contributed by atoms with van der Waals surface area (Å²) in [5, 5.41) is 4.83. The molecule has 26 heavy (non-hydrogen) atoms. The van der Waals surface area contributed by atoms with E-state index in [0.29, 0.717) is 5.69 Å². The molecular weight excluding hydrogens is 346 g/mol. The van der Waals surface area contributed by atoms with Crippen molar-refractivity contribution >= 4 is 40.2 Å². The highest BCUT2D eigenvalue weighted by molar-refractivity contribution is 7.12. The first-order valence-corrected chi connectivity index (χ1v) is 9.55. The molecule has 1 aliphatic rings. The topological polar surface area (TPSA) is 61.8 Å². The number of aryl methyl sites for hydroxylation is 2. The summed E-state index contributed by atoms with van der Waals surface area (Å²) in [5.74, 6) is -0.282. The third-order valence-corrected chi connectivity index (χ3v) is 5.23. The van der Waals surface area contributed by atoms with Crippen LogP contribution in [0.2, 0.25) is 0 Å². The second-order valence-electron chi connectivity index (χ2n) is 6.84.